The Hall–Kier alpha value is -1.22. The molecule has 0 atom stereocenters. The van der Waals surface area contributed by atoms with Crippen LogP contribution in [0.1, 0.15) is 12.0 Å². The molecular formula is C12H19NO2. The molecule has 0 bridgehead atoms. The fourth-order valence-electron chi connectivity index (χ4n) is 1.49. The Labute approximate surface area is 91.3 Å². The maximum atomic E-state index is 9.56. The minimum absolute atomic E-state index is 0.222. The third-order valence-electron chi connectivity index (χ3n) is 2.31. The third-order valence-corrected chi connectivity index (χ3v) is 2.31. The number of hydrogen-bond donors (Lipinski definition) is 1. The zero-order chi connectivity index (χ0) is 11.3. The number of nitrogens with zero attached hydrogens (tertiary/aromatic N) is 1. The number of ether oxygens (including phenoxy) is 1. The van der Waals surface area contributed by atoms with Crippen LogP contribution in [0.15, 0.2) is 18.2 Å². The van der Waals surface area contributed by atoms with E-state index in [1.807, 2.05) is 6.07 Å². The smallest absolute Gasteiger partial charge is 0.160 e. The van der Waals surface area contributed by atoms with E-state index in [1.54, 1.807) is 19.2 Å². The number of aromatic hydroxyl groups is 1. The van der Waals surface area contributed by atoms with Gasteiger partial charge in [-0.25, -0.2) is 0 Å². The van der Waals surface area contributed by atoms with Crippen molar-refractivity contribution in [2.75, 3.05) is 27.7 Å². The van der Waals surface area contributed by atoms with Gasteiger partial charge in [0.15, 0.2) is 11.5 Å². The molecule has 0 radical (unpaired) electrons. The molecule has 1 aromatic carbocycles. The van der Waals surface area contributed by atoms with Crippen molar-refractivity contribution < 1.29 is 9.84 Å². The lowest BCUT2D eigenvalue weighted by atomic mass is 10.1. The van der Waals surface area contributed by atoms with Gasteiger partial charge in [-0.15, -0.1) is 0 Å². The normalized spacial score (nSPS) is 10.7. The van der Waals surface area contributed by atoms with Crippen LogP contribution in [-0.4, -0.2) is 37.8 Å². The molecule has 0 amide bonds. The molecule has 0 saturated heterocycles. The second kappa shape index (κ2) is 5.61. The van der Waals surface area contributed by atoms with E-state index in [-0.39, 0.29) is 5.75 Å². The zero-order valence-corrected chi connectivity index (χ0v) is 9.66. The summed E-state index contributed by atoms with van der Waals surface area (Å²) in [4.78, 5) is 2.16. The van der Waals surface area contributed by atoms with Crippen LogP contribution in [-0.2, 0) is 6.42 Å². The molecule has 0 fully saturated rings. The SMILES string of the molecule is COc1ccc(CCCN(C)C)cc1O. The summed E-state index contributed by atoms with van der Waals surface area (Å²) in [5.41, 5.74) is 1.15. The Morgan fingerprint density at radius 2 is 2.07 bits per heavy atom. The van der Waals surface area contributed by atoms with Crippen LogP contribution >= 0.6 is 0 Å². The molecule has 0 aromatic heterocycles. The first-order valence-corrected chi connectivity index (χ1v) is 5.14. The number of hydrogen-bond acceptors (Lipinski definition) is 3. The molecule has 0 aliphatic heterocycles. The average molecular weight is 209 g/mol. The summed E-state index contributed by atoms with van der Waals surface area (Å²) < 4.78 is 4.98. The Kier molecular flexibility index (Phi) is 4.43. The third kappa shape index (κ3) is 3.80. The van der Waals surface area contributed by atoms with E-state index in [4.69, 9.17) is 4.74 Å². The maximum absolute atomic E-state index is 9.56. The van der Waals surface area contributed by atoms with E-state index in [0.717, 1.165) is 24.9 Å². The molecule has 84 valence electrons. The van der Waals surface area contributed by atoms with Crippen molar-refractivity contribution in [3.8, 4) is 11.5 Å². The van der Waals surface area contributed by atoms with Gasteiger partial charge in [-0.05, 0) is 51.2 Å². The van der Waals surface area contributed by atoms with Crippen LogP contribution in [0, 0.1) is 0 Å². The second-order valence-corrected chi connectivity index (χ2v) is 3.91. The minimum atomic E-state index is 0.222. The van der Waals surface area contributed by atoms with Crippen molar-refractivity contribution >= 4 is 0 Å². The summed E-state index contributed by atoms with van der Waals surface area (Å²) in [5, 5.41) is 9.56. The summed E-state index contributed by atoms with van der Waals surface area (Å²) in [6.07, 6.45) is 2.08. The fraction of sp³-hybridized carbons (Fsp3) is 0.500. The number of rotatable bonds is 5. The molecule has 0 aliphatic rings. The van der Waals surface area contributed by atoms with E-state index in [1.165, 1.54) is 0 Å². The Balaban J connectivity index is 2.52. The first-order valence-electron chi connectivity index (χ1n) is 5.14. The molecule has 0 spiro atoms. The van der Waals surface area contributed by atoms with E-state index < -0.39 is 0 Å². The van der Waals surface area contributed by atoms with Gasteiger partial charge in [-0.1, -0.05) is 6.07 Å². The predicted octanol–water partition coefficient (Wildman–Crippen LogP) is 1.90. The molecule has 0 aliphatic carbocycles. The fourth-order valence-corrected chi connectivity index (χ4v) is 1.49. The van der Waals surface area contributed by atoms with Crippen LogP contribution in [0.25, 0.3) is 0 Å². The lowest BCUT2D eigenvalue weighted by molar-refractivity contribution is 0.372. The standard InChI is InChI=1S/C12H19NO2/c1-13(2)8-4-5-10-6-7-12(15-3)11(14)9-10/h6-7,9,14H,4-5,8H2,1-3H3. The summed E-state index contributed by atoms with van der Waals surface area (Å²) in [6, 6.07) is 5.57. The average Bonchev–Trinajstić information content (AvgIpc) is 2.17. The van der Waals surface area contributed by atoms with Crippen molar-refractivity contribution in [1.82, 2.24) is 4.90 Å². The minimum Gasteiger partial charge on any atom is -0.504 e. The van der Waals surface area contributed by atoms with Gasteiger partial charge < -0.3 is 14.7 Å². The summed E-state index contributed by atoms with van der Waals surface area (Å²) >= 11 is 0. The van der Waals surface area contributed by atoms with Crippen molar-refractivity contribution in [2.45, 2.75) is 12.8 Å². The van der Waals surface area contributed by atoms with Crippen LogP contribution in [0.3, 0.4) is 0 Å². The molecule has 0 unspecified atom stereocenters. The molecular weight excluding hydrogens is 190 g/mol. The van der Waals surface area contributed by atoms with E-state index in [9.17, 15) is 5.11 Å². The monoisotopic (exact) mass is 209 g/mol. The van der Waals surface area contributed by atoms with Crippen molar-refractivity contribution in [3.05, 3.63) is 23.8 Å². The van der Waals surface area contributed by atoms with Gasteiger partial charge in [0.2, 0.25) is 0 Å². The van der Waals surface area contributed by atoms with Crippen LogP contribution in [0.2, 0.25) is 0 Å². The number of methoxy groups -OCH3 is 1. The second-order valence-electron chi connectivity index (χ2n) is 3.91. The predicted molar refractivity (Wildman–Crippen MR) is 61.5 cm³/mol. The zero-order valence-electron chi connectivity index (χ0n) is 9.66. The van der Waals surface area contributed by atoms with Gasteiger partial charge in [0.05, 0.1) is 7.11 Å². The largest absolute Gasteiger partial charge is 0.504 e. The summed E-state index contributed by atoms with van der Waals surface area (Å²) in [5.74, 6) is 0.756. The molecule has 1 N–H and O–H groups in total. The van der Waals surface area contributed by atoms with Gasteiger partial charge in [0.25, 0.3) is 0 Å². The Morgan fingerprint density at radius 1 is 1.33 bits per heavy atom. The lowest BCUT2D eigenvalue weighted by Crippen LogP contribution is -2.13. The summed E-state index contributed by atoms with van der Waals surface area (Å²) in [7, 11) is 5.68. The van der Waals surface area contributed by atoms with Gasteiger partial charge in [0, 0.05) is 0 Å². The van der Waals surface area contributed by atoms with Crippen LogP contribution < -0.4 is 4.74 Å². The van der Waals surface area contributed by atoms with Gasteiger partial charge >= 0.3 is 0 Å². The molecule has 3 nitrogen and oxygen atoms in total. The van der Waals surface area contributed by atoms with Crippen molar-refractivity contribution in [2.24, 2.45) is 0 Å². The highest BCUT2D eigenvalue weighted by atomic mass is 16.5. The molecule has 3 heteroatoms. The van der Waals surface area contributed by atoms with E-state index in [2.05, 4.69) is 19.0 Å². The highest BCUT2D eigenvalue weighted by Gasteiger charge is 2.02. The van der Waals surface area contributed by atoms with Gasteiger partial charge in [-0.2, -0.15) is 0 Å². The number of benzene rings is 1. The Bertz CT molecular complexity index is 310. The molecule has 0 heterocycles. The summed E-state index contributed by atoms with van der Waals surface area (Å²) in [6.45, 7) is 1.06. The van der Waals surface area contributed by atoms with Crippen molar-refractivity contribution in [3.63, 3.8) is 0 Å². The first-order chi connectivity index (χ1) is 7.13. The lowest BCUT2D eigenvalue weighted by Gasteiger charge is -2.09. The number of phenols is 1. The topological polar surface area (TPSA) is 32.7 Å². The van der Waals surface area contributed by atoms with Crippen molar-refractivity contribution in [1.29, 1.82) is 0 Å². The van der Waals surface area contributed by atoms with Crippen LogP contribution in [0.5, 0.6) is 11.5 Å². The molecule has 1 rings (SSSR count). The molecule has 15 heavy (non-hydrogen) atoms. The van der Waals surface area contributed by atoms with Gasteiger partial charge in [0.1, 0.15) is 0 Å². The highest BCUT2D eigenvalue weighted by molar-refractivity contribution is 5.41. The quantitative estimate of drug-likeness (QED) is 0.804. The maximum Gasteiger partial charge on any atom is 0.160 e. The van der Waals surface area contributed by atoms with E-state index >= 15 is 0 Å². The number of aryl methyl sites for hydroxylation is 1. The highest BCUT2D eigenvalue weighted by Crippen LogP contribution is 2.26. The molecule has 1 aromatic rings. The van der Waals surface area contributed by atoms with E-state index in [0.29, 0.717) is 5.75 Å². The van der Waals surface area contributed by atoms with Crippen LogP contribution in [0.4, 0.5) is 0 Å². The molecule has 0 saturated carbocycles. The van der Waals surface area contributed by atoms with Gasteiger partial charge in [-0.3, -0.25) is 0 Å². The Morgan fingerprint density at radius 3 is 2.60 bits per heavy atom. The first kappa shape index (κ1) is 11.9. The number of phenolic OH excluding ortho intramolecular Hbond substituents is 1.